The molecule has 2 atom stereocenters. The Morgan fingerprint density at radius 3 is 2.70 bits per heavy atom. The molecule has 104 valence electrons. The number of hydrogen-bond donors (Lipinski definition) is 1. The van der Waals surface area contributed by atoms with Crippen LogP contribution in [0.25, 0.3) is 0 Å². The Bertz CT molecular complexity index is 585. The lowest BCUT2D eigenvalue weighted by atomic mass is 10.1. The van der Waals surface area contributed by atoms with E-state index >= 15 is 0 Å². The van der Waals surface area contributed by atoms with E-state index in [0.717, 1.165) is 12.0 Å². The van der Waals surface area contributed by atoms with E-state index in [1.807, 2.05) is 12.1 Å². The average Bonchev–Trinajstić information content (AvgIpc) is 3.26. The van der Waals surface area contributed by atoms with Gasteiger partial charge in [-0.1, -0.05) is 36.4 Å². The first-order chi connectivity index (χ1) is 9.78. The maximum Gasteiger partial charge on any atom is 0.165 e. The summed E-state index contributed by atoms with van der Waals surface area (Å²) < 4.78 is 18.5. The first-order valence-corrected chi connectivity index (χ1v) is 6.88. The van der Waals surface area contributed by atoms with Gasteiger partial charge in [-0.2, -0.15) is 0 Å². The Morgan fingerprint density at radius 2 is 2.00 bits per heavy atom. The first-order valence-electron chi connectivity index (χ1n) is 6.88. The van der Waals surface area contributed by atoms with Gasteiger partial charge in [0.05, 0.1) is 7.11 Å². The van der Waals surface area contributed by atoms with Crippen LogP contribution in [-0.4, -0.2) is 13.2 Å². The molecule has 2 unspecified atom stereocenters. The molecule has 1 fully saturated rings. The minimum Gasteiger partial charge on any atom is -0.494 e. The Balaban J connectivity index is 1.55. The predicted molar refractivity (Wildman–Crippen MR) is 77.4 cm³/mol. The molecule has 1 aliphatic rings. The standard InChI is InChI=1S/C17H18FNO/c1-20-17-8-7-12(9-15(17)18)11-19-16-10-14(16)13-5-3-2-4-6-13/h2-9,14,16,19H,10-11H2,1H3. The second-order valence-electron chi connectivity index (χ2n) is 5.21. The van der Waals surface area contributed by atoms with Gasteiger partial charge in [-0.3, -0.25) is 0 Å². The van der Waals surface area contributed by atoms with Crippen molar-refractivity contribution < 1.29 is 9.13 Å². The van der Waals surface area contributed by atoms with Crippen LogP contribution in [0.2, 0.25) is 0 Å². The molecule has 0 aliphatic heterocycles. The molecule has 2 aromatic rings. The molecule has 0 amide bonds. The summed E-state index contributed by atoms with van der Waals surface area (Å²) in [5.74, 6) is 0.587. The number of ether oxygens (including phenoxy) is 1. The van der Waals surface area contributed by atoms with Crippen LogP contribution in [-0.2, 0) is 6.54 Å². The molecule has 0 heterocycles. The summed E-state index contributed by atoms with van der Waals surface area (Å²) in [4.78, 5) is 0. The molecule has 0 aromatic heterocycles. The van der Waals surface area contributed by atoms with Gasteiger partial charge in [0.2, 0.25) is 0 Å². The fourth-order valence-corrected chi connectivity index (χ4v) is 2.56. The predicted octanol–water partition coefficient (Wildman–Crippen LogP) is 3.48. The summed E-state index contributed by atoms with van der Waals surface area (Å²) in [6, 6.07) is 16.1. The van der Waals surface area contributed by atoms with Crippen LogP contribution in [0.1, 0.15) is 23.5 Å². The maximum absolute atomic E-state index is 13.6. The van der Waals surface area contributed by atoms with Crippen LogP contribution < -0.4 is 10.1 Å². The molecule has 0 bridgehead atoms. The van der Waals surface area contributed by atoms with Crippen LogP contribution in [0.15, 0.2) is 48.5 Å². The number of halogens is 1. The monoisotopic (exact) mass is 271 g/mol. The van der Waals surface area contributed by atoms with Gasteiger partial charge < -0.3 is 10.1 Å². The third-order valence-electron chi connectivity index (χ3n) is 3.80. The molecule has 1 aliphatic carbocycles. The van der Waals surface area contributed by atoms with Crippen molar-refractivity contribution in [2.75, 3.05) is 7.11 Å². The highest BCUT2D eigenvalue weighted by molar-refractivity contribution is 5.30. The second-order valence-corrected chi connectivity index (χ2v) is 5.21. The Hall–Kier alpha value is -1.87. The quantitative estimate of drug-likeness (QED) is 0.899. The van der Waals surface area contributed by atoms with Gasteiger partial charge in [0.15, 0.2) is 11.6 Å². The van der Waals surface area contributed by atoms with Crippen molar-refractivity contribution in [2.24, 2.45) is 0 Å². The van der Waals surface area contributed by atoms with E-state index in [1.165, 1.54) is 18.7 Å². The van der Waals surface area contributed by atoms with Crippen molar-refractivity contribution in [3.8, 4) is 5.75 Å². The maximum atomic E-state index is 13.6. The zero-order valence-corrected chi connectivity index (χ0v) is 11.5. The molecule has 3 rings (SSSR count). The van der Waals surface area contributed by atoms with Crippen molar-refractivity contribution in [3.63, 3.8) is 0 Å². The molecule has 1 N–H and O–H groups in total. The molecule has 3 heteroatoms. The van der Waals surface area contributed by atoms with Gasteiger partial charge in [0.25, 0.3) is 0 Å². The van der Waals surface area contributed by atoms with E-state index in [4.69, 9.17) is 4.74 Å². The average molecular weight is 271 g/mol. The van der Waals surface area contributed by atoms with Crippen LogP contribution >= 0.6 is 0 Å². The first kappa shape index (κ1) is 13.1. The van der Waals surface area contributed by atoms with E-state index in [2.05, 4.69) is 29.6 Å². The molecule has 2 nitrogen and oxygen atoms in total. The molecule has 0 saturated heterocycles. The molecule has 0 radical (unpaired) electrons. The highest BCUT2D eigenvalue weighted by Crippen LogP contribution is 2.40. The van der Waals surface area contributed by atoms with Gasteiger partial charge in [0, 0.05) is 18.5 Å². The smallest absolute Gasteiger partial charge is 0.165 e. The molecular formula is C17H18FNO. The summed E-state index contributed by atoms with van der Waals surface area (Å²) in [6.45, 7) is 0.689. The zero-order chi connectivity index (χ0) is 13.9. The van der Waals surface area contributed by atoms with E-state index < -0.39 is 0 Å². The van der Waals surface area contributed by atoms with Gasteiger partial charge in [-0.15, -0.1) is 0 Å². The zero-order valence-electron chi connectivity index (χ0n) is 11.5. The lowest BCUT2D eigenvalue weighted by Crippen LogP contribution is -2.17. The van der Waals surface area contributed by atoms with Gasteiger partial charge >= 0.3 is 0 Å². The van der Waals surface area contributed by atoms with Crippen LogP contribution in [0.5, 0.6) is 5.75 Å². The third kappa shape index (κ3) is 2.83. The van der Waals surface area contributed by atoms with Crippen molar-refractivity contribution in [2.45, 2.75) is 24.9 Å². The Morgan fingerprint density at radius 1 is 1.20 bits per heavy atom. The minimum absolute atomic E-state index is 0.294. The number of nitrogens with one attached hydrogen (secondary N) is 1. The third-order valence-corrected chi connectivity index (χ3v) is 3.80. The second kappa shape index (κ2) is 5.63. The summed E-state index contributed by atoms with van der Waals surface area (Å²) >= 11 is 0. The number of benzene rings is 2. The van der Waals surface area contributed by atoms with Crippen LogP contribution in [0.3, 0.4) is 0 Å². The van der Waals surface area contributed by atoms with Crippen molar-refractivity contribution in [1.29, 1.82) is 0 Å². The van der Waals surface area contributed by atoms with Crippen molar-refractivity contribution in [3.05, 3.63) is 65.5 Å². The molecular weight excluding hydrogens is 253 g/mol. The van der Waals surface area contributed by atoms with Crippen molar-refractivity contribution in [1.82, 2.24) is 5.32 Å². The lowest BCUT2D eigenvalue weighted by molar-refractivity contribution is 0.386. The summed E-state index contributed by atoms with van der Waals surface area (Å²) in [7, 11) is 1.48. The number of hydrogen-bond acceptors (Lipinski definition) is 2. The summed E-state index contributed by atoms with van der Waals surface area (Å²) in [5.41, 5.74) is 2.33. The highest BCUT2D eigenvalue weighted by Gasteiger charge is 2.37. The van der Waals surface area contributed by atoms with Gasteiger partial charge in [0.1, 0.15) is 0 Å². The molecule has 0 spiro atoms. The summed E-state index contributed by atoms with van der Waals surface area (Å²) in [5, 5.41) is 3.48. The van der Waals surface area contributed by atoms with Crippen LogP contribution in [0.4, 0.5) is 4.39 Å². The number of methoxy groups -OCH3 is 1. The van der Waals surface area contributed by atoms with Gasteiger partial charge in [-0.05, 0) is 29.7 Å². The fourth-order valence-electron chi connectivity index (χ4n) is 2.56. The molecule has 2 aromatic carbocycles. The fraction of sp³-hybridized carbons (Fsp3) is 0.294. The largest absolute Gasteiger partial charge is 0.494 e. The molecule has 20 heavy (non-hydrogen) atoms. The van der Waals surface area contributed by atoms with Crippen LogP contribution in [0, 0.1) is 5.82 Å². The van der Waals surface area contributed by atoms with Gasteiger partial charge in [-0.25, -0.2) is 4.39 Å². The minimum atomic E-state index is -0.304. The highest BCUT2D eigenvalue weighted by atomic mass is 19.1. The Kier molecular flexibility index (Phi) is 3.70. The Labute approximate surface area is 118 Å². The van der Waals surface area contributed by atoms with Crippen molar-refractivity contribution >= 4 is 0 Å². The topological polar surface area (TPSA) is 21.3 Å². The summed E-state index contributed by atoms with van der Waals surface area (Å²) in [6.07, 6.45) is 1.16. The normalized spacial score (nSPS) is 20.7. The molecule has 1 saturated carbocycles. The van der Waals surface area contributed by atoms with E-state index in [1.54, 1.807) is 6.07 Å². The van der Waals surface area contributed by atoms with E-state index in [9.17, 15) is 4.39 Å². The van der Waals surface area contributed by atoms with E-state index in [0.29, 0.717) is 24.3 Å². The SMILES string of the molecule is COc1ccc(CNC2CC2c2ccccc2)cc1F. The van der Waals surface area contributed by atoms with E-state index in [-0.39, 0.29) is 5.82 Å². The number of rotatable bonds is 5. The lowest BCUT2D eigenvalue weighted by Gasteiger charge is -2.07.